The molecule has 2 heterocycles. The largest absolute Gasteiger partial charge is 0.383 e. The SMILES string of the molecule is CN(C)/C=C/c1nc(NC#N)nc2c1c(=O)n(C)c1ccccc21. The number of benzene rings is 1. The molecule has 0 unspecified atom stereocenters. The van der Waals surface area contributed by atoms with Crippen molar-refractivity contribution < 1.29 is 0 Å². The van der Waals surface area contributed by atoms with Gasteiger partial charge in [0, 0.05) is 32.7 Å². The number of rotatable bonds is 3. The zero-order valence-corrected chi connectivity index (χ0v) is 13.6. The lowest BCUT2D eigenvalue weighted by atomic mass is 10.1. The van der Waals surface area contributed by atoms with Gasteiger partial charge in [-0.15, -0.1) is 0 Å². The summed E-state index contributed by atoms with van der Waals surface area (Å²) in [6.07, 6.45) is 5.36. The van der Waals surface area contributed by atoms with E-state index in [1.165, 1.54) is 0 Å². The molecule has 120 valence electrons. The minimum absolute atomic E-state index is 0.168. The number of nitrogens with zero attached hydrogens (tertiary/aromatic N) is 5. The van der Waals surface area contributed by atoms with E-state index in [9.17, 15) is 4.79 Å². The van der Waals surface area contributed by atoms with Crippen LogP contribution < -0.4 is 10.9 Å². The Balaban J connectivity index is 2.50. The second kappa shape index (κ2) is 6.01. The number of anilines is 1. The number of para-hydroxylation sites is 1. The summed E-state index contributed by atoms with van der Waals surface area (Å²) in [5.41, 5.74) is 1.60. The van der Waals surface area contributed by atoms with Crippen LogP contribution in [0.25, 0.3) is 27.9 Å². The Hall–Kier alpha value is -3.40. The molecule has 7 heteroatoms. The van der Waals surface area contributed by atoms with Crippen molar-refractivity contribution in [3.8, 4) is 6.19 Å². The minimum atomic E-state index is -0.175. The fourth-order valence-electron chi connectivity index (χ4n) is 2.57. The monoisotopic (exact) mass is 320 g/mol. The zero-order valence-electron chi connectivity index (χ0n) is 13.6. The summed E-state index contributed by atoms with van der Waals surface area (Å²) in [4.78, 5) is 23.3. The topological polar surface area (TPSA) is 86.8 Å². The fourth-order valence-corrected chi connectivity index (χ4v) is 2.57. The smallest absolute Gasteiger partial charge is 0.262 e. The van der Waals surface area contributed by atoms with Gasteiger partial charge in [-0.3, -0.25) is 10.1 Å². The highest BCUT2D eigenvalue weighted by atomic mass is 16.1. The molecule has 3 aromatic rings. The van der Waals surface area contributed by atoms with Crippen LogP contribution in [0.3, 0.4) is 0 Å². The molecule has 1 aromatic carbocycles. The average Bonchev–Trinajstić information content (AvgIpc) is 2.57. The highest BCUT2D eigenvalue weighted by Gasteiger charge is 2.15. The van der Waals surface area contributed by atoms with Gasteiger partial charge in [-0.25, -0.2) is 9.97 Å². The van der Waals surface area contributed by atoms with Crippen molar-refractivity contribution in [3.63, 3.8) is 0 Å². The second-order valence-corrected chi connectivity index (χ2v) is 5.55. The van der Waals surface area contributed by atoms with Crippen molar-refractivity contribution in [2.24, 2.45) is 7.05 Å². The fraction of sp³-hybridized carbons (Fsp3) is 0.176. The molecule has 2 aromatic heterocycles. The first-order valence-corrected chi connectivity index (χ1v) is 7.32. The first kappa shape index (κ1) is 15.5. The molecule has 24 heavy (non-hydrogen) atoms. The van der Waals surface area contributed by atoms with Crippen LogP contribution in [0.1, 0.15) is 5.69 Å². The van der Waals surface area contributed by atoms with E-state index in [1.807, 2.05) is 49.5 Å². The summed E-state index contributed by atoms with van der Waals surface area (Å²) >= 11 is 0. The van der Waals surface area contributed by atoms with E-state index in [2.05, 4.69) is 15.3 Å². The molecule has 0 aliphatic heterocycles. The van der Waals surface area contributed by atoms with E-state index in [-0.39, 0.29) is 11.5 Å². The quantitative estimate of drug-likeness (QED) is 0.451. The molecule has 0 aliphatic carbocycles. The summed E-state index contributed by atoms with van der Waals surface area (Å²) in [5, 5.41) is 12.6. The van der Waals surface area contributed by atoms with Gasteiger partial charge in [-0.2, -0.15) is 5.26 Å². The van der Waals surface area contributed by atoms with Crippen LogP contribution in [-0.4, -0.2) is 33.5 Å². The standard InChI is InChI=1S/C17H16N6O/c1-22(2)9-8-12-14-15(21-17(20-12)19-10-18)11-6-4-5-7-13(11)23(3)16(14)24/h4-9H,1-3H3,(H,19,20,21)/b9-8+. The van der Waals surface area contributed by atoms with Crippen LogP contribution >= 0.6 is 0 Å². The maximum absolute atomic E-state index is 12.8. The van der Waals surface area contributed by atoms with Crippen LogP contribution in [-0.2, 0) is 7.05 Å². The van der Waals surface area contributed by atoms with Gasteiger partial charge >= 0.3 is 0 Å². The molecule has 0 aliphatic rings. The van der Waals surface area contributed by atoms with E-state index in [4.69, 9.17) is 5.26 Å². The Morgan fingerprint density at radius 2 is 2.04 bits per heavy atom. The van der Waals surface area contributed by atoms with Crippen molar-refractivity contribution in [3.05, 3.63) is 46.5 Å². The van der Waals surface area contributed by atoms with E-state index in [0.29, 0.717) is 16.6 Å². The average molecular weight is 320 g/mol. The number of nitriles is 1. The van der Waals surface area contributed by atoms with Gasteiger partial charge in [0.1, 0.15) is 0 Å². The predicted molar refractivity (Wildman–Crippen MR) is 94.2 cm³/mol. The van der Waals surface area contributed by atoms with Gasteiger partial charge in [0.2, 0.25) is 5.95 Å². The molecule has 0 amide bonds. The van der Waals surface area contributed by atoms with E-state index in [0.717, 1.165) is 10.9 Å². The van der Waals surface area contributed by atoms with E-state index in [1.54, 1.807) is 23.9 Å². The number of nitrogens with one attached hydrogen (secondary N) is 1. The van der Waals surface area contributed by atoms with Gasteiger partial charge in [-0.1, -0.05) is 18.2 Å². The maximum atomic E-state index is 12.8. The highest BCUT2D eigenvalue weighted by molar-refractivity contribution is 6.05. The Morgan fingerprint density at radius 1 is 1.29 bits per heavy atom. The molecule has 3 rings (SSSR count). The van der Waals surface area contributed by atoms with Crippen LogP contribution in [0.4, 0.5) is 5.95 Å². The van der Waals surface area contributed by atoms with E-state index >= 15 is 0 Å². The molecule has 0 bridgehead atoms. The van der Waals surface area contributed by atoms with Crippen LogP contribution in [0, 0.1) is 11.5 Å². The van der Waals surface area contributed by atoms with Gasteiger partial charge in [0.15, 0.2) is 6.19 Å². The zero-order chi connectivity index (χ0) is 17.3. The van der Waals surface area contributed by atoms with Crippen molar-refractivity contribution in [2.75, 3.05) is 19.4 Å². The minimum Gasteiger partial charge on any atom is -0.383 e. The van der Waals surface area contributed by atoms with Gasteiger partial charge in [-0.05, 0) is 12.1 Å². The number of hydrogen-bond acceptors (Lipinski definition) is 6. The predicted octanol–water partition coefficient (Wildman–Crippen LogP) is 1.91. The van der Waals surface area contributed by atoms with Crippen LogP contribution in [0.15, 0.2) is 35.3 Å². The molecule has 7 nitrogen and oxygen atoms in total. The third-order valence-corrected chi connectivity index (χ3v) is 3.67. The molecule has 0 radical (unpaired) electrons. The molecule has 0 spiro atoms. The van der Waals surface area contributed by atoms with Crippen molar-refractivity contribution in [2.45, 2.75) is 0 Å². The second-order valence-electron chi connectivity index (χ2n) is 5.55. The lowest BCUT2D eigenvalue weighted by Gasteiger charge is -2.11. The summed E-state index contributed by atoms with van der Waals surface area (Å²) in [6, 6.07) is 7.53. The number of fused-ring (bicyclic) bond motifs is 3. The van der Waals surface area contributed by atoms with Gasteiger partial charge < -0.3 is 9.47 Å². The lowest BCUT2D eigenvalue weighted by Crippen LogP contribution is -2.19. The van der Waals surface area contributed by atoms with Crippen molar-refractivity contribution in [1.82, 2.24) is 19.4 Å². The van der Waals surface area contributed by atoms with Crippen molar-refractivity contribution >= 4 is 33.8 Å². The highest BCUT2D eigenvalue weighted by Crippen LogP contribution is 2.24. The molecule has 0 atom stereocenters. The molecular weight excluding hydrogens is 304 g/mol. The normalized spacial score (nSPS) is 11.1. The molecule has 0 fully saturated rings. The maximum Gasteiger partial charge on any atom is 0.262 e. The van der Waals surface area contributed by atoms with Gasteiger partial charge in [0.25, 0.3) is 5.56 Å². The van der Waals surface area contributed by atoms with Crippen LogP contribution in [0.2, 0.25) is 0 Å². The molecular formula is C17H16N6O. The third kappa shape index (κ3) is 2.54. The first-order chi connectivity index (χ1) is 11.5. The Morgan fingerprint density at radius 3 is 2.75 bits per heavy atom. The molecule has 1 N–H and O–H groups in total. The first-order valence-electron chi connectivity index (χ1n) is 7.32. The van der Waals surface area contributed by atoms with Crippen LogP contribution in [0.5, 0.6) is 0 Å². The Kier molecular flexibility index (Phi) is 3.88. The summed E-state index contributed by atoms with van der Waals surface area (Å²) in [5.74, 6) is 0.168. The number of pyridine rings is 1. The molecule has 0 saturated carbocycles. The number of aryl methyl sites for hydroxylation is 1. The Labute approximate surface area is 138 Å². The van der Waals surface area contributed by atoms with Crippen molar-refractivity contribution in [1.29, 1.82) is 5.26 Å². The van der Waals surface area contributed by atoms with Gasteiger partial charge in [0.05, 0.1) is 22.1 Å². The Bertz CT molecular complexity index is 1060. The molecule has 0 saturated heterocycles. The summed E-state index contributed by atoms with van der Waals surface area (Å²) in [6.45, 7) is 0. The van der Waals surface area contributed by atoms with E-state index < -0.39 is 0 Å². The summed E-state index contributed by atoms with van der Waals surface area (Å²) in [7, 11) is 5.48. The third-order valence-electron chi connectivity index (χ3n) is 3.67. The number of aromatic nitrogens is 3. The number of hydrogen-bond donors (Lipinski definition) is 1. The lowest BCUT2D eigenvalue weighted by molar-refractivity contribution is 0.567. The summed E-state index contributed by atoms with van der Waals surface area (Å²) < 4.78 is 1.59.